The summed E-state index contributed by atoms with van der Waals surface area (Å²) in [4.78, 5) is 22.5. The van der Waals surface area contributed by atoms with Crippen LogP contribution in [-0.2, 0) is 19.9 Å². The Labute approximate surface area is 130 Å². The summed E-state index contributed by atoms with van der Waals surface area (Å²) >= 11 is 0. The smallest absolute Gasteiger partial charge is 0.318 e. The van der Waals surface area contributed by atoms with Gasteiger partial charge in [-0.05, 0) is 25.0 Å². The third-order valence-corrected chi connectivity index (χ3v) is 3.65. The van der Waals surface area contributed by atoms with Crippen molar-refractivity contribution >= 4 is 11.9 Å². The van der Waals surface area contributed by atoms with E-state index in [4.69, 9.17) is 19.3 Å². The summed E-state index contributed by atoms with van der Waals surface area (Å²) in [5.74, 6) is -0.827. The first-order chi connectivity index (χ1) is 10.4. The lowest BCUT2D eigenvalue weighted by Gasteiger charge is -2.33. The maximum atomic E-state index is 11.8. The van der Waals surface area contributed by atoms with E-state index in [-0.39, 0.29) is 0 Å². The van der Waals surface area contributed by atoms with Gasteiger partial charge in [0.2, 0.25) is 0 Å². The van der Waals surface area contributed by atoms with Crippen LogP contribution in [-0.4, -0.2) is 31.3 Å². The normalized spacial score (nSPS) is 10.9. The van der Waals surface area contributed by atoms with Crippen molar-refractivity contribution in [3.05, 3.63) is 23.8 Å². The fourth-order valence-corrected chi connectivity index (χ4v) is 2.38. The molecule has 6 heteroatoms. The molecule has 0 aliphatic heterocycles. The predicted molar refractivity (Wildman–Crippen MR) is 80.2 cm³/mol. The number of carboxylic acid groups (broad SMARTS) is 1. The monoisotopic (exact) mass is 310 g/mol. The standard InChI is InChI=1S/C16H22O6/c1-5-16(6-2,22-15(19)10-14(17)18)12-8-7-11(20-3)9-13(12)21-4/h7-9H,5-6,10H2,1-4H3,(H,17,18). The van der Waals surface area contributed by atoms with Crippen molar-refractivity contribution < 1.29 is 28.9 Å². The van der Waals surface area contributed by atoms with Crippen LogP contribution in [0.4, 0.5) is 0 Å². The van der Waals surface area contributed by atoms with E-state index in [2.05, 4.69) is 0 Å². The molecule has 1 rings (SSSR count). The van der Waals surface area contributed by atoms with E-state index in [1.807, 2.05) is 13.8 Å². The quantitative estimate of drug-likeness (QED) is 0.587. The highest BCUT2D eigenvalue weighted by molar-refractivity contribution is 5.90. The Balaban J connectivity index is 3.23. The van der Waals surface area contributed by atoms with Gasteiger partial charge in [0.05, 0.1) is 14.2 Å². The summed E-state index contributed by atoms with van der Waals surface area (Å²) in [7, 11) is 3.07. The van der Waals surface area contributed by atoms with Crippen LogP contribution < -0.4 is 9.47 Å². The Morgan fingerprint density at radius 3 is 2.23 bits per heavy atom. The van der Waals surface area contributed by atoms with Gasteiger partial charge in [-0.2, -0.15) is 0 Å². The topological polar surface area (TPSA) is 82.1 Å². The molecule has 0 unspecified atom stereocenters. The van der Waals surface area contributed by atoms with Gasteiger partial charge in [-0.1, -0.05) is 13.8 Å². The zero-order chi connectivity index (χ0) is 16.8. The lowest BCUT2D eigenvalue weighted by atomic mass is 9.87. The van der Waals surface area contributed by atoms with Crippen molar-refractivity contribution in [2.24, 2.45) is 0 Å². The second-order valence-corrected chi connectivity index (χ2v) is 4.81. The van der Waals surface area contributed by atoms with Crippen LogP contribution in [0.2, 0.25) is 0 Å². The number of carbonyl (C=O) groups is 2. The van der Waals surface area contributed by atoms with E-state index in [1.54, 1.807) is 25.3 Å². The number of esters is 1. The number of benzene rings is 1. The lowest BCUT2D eigenvalue weighted by molar-refractivity contribution is -0.166. The average molecular weight is 310 g/mol. The van der Waals surface area contributed by atoms with Crippen molar-refractivity contribution in [3.8, 4) is 11.5 Å². The van der Waals surface area contributed by atoms with E-state index < -0.39 is 24.0 Å². The van der Waals surface area contributed by atoms with E-state index >= 15 is 0 Å². The highest BCUT2D eigenvalue weighted by Gasteiger charge is 2.36. The first-order valence-electron chi connectivity index (χ1n) is 7.08. The molecule has 0 bridgehead atoms. The third-order valence-electron chi connectivity index (χ3n) is 3.65. The minimum absolute atomic E-state index is 0.498. The van der Waals surface area contributed by atoms with Gasteiger partial charge in [-0.3, -0.25) is 9.59 Å². The van der Waals surface area contributed by atoms with Gasteiger partial charge in [0.15, 0.2) is 0 Å². The van der Waals surface area contributed by atoms with E-state index in [0.29, 0.717) is 29.9 Å². The average Bonchev–Trinajstić information content (AvgIpc) is 2.51. The molecule has 1 N–H and O–H groups in total. The highest BCUT2D eigenvalue weighted by atomic mass is 16.6. The van der Waals surface area contributed by atoms with Crippen LogP contribution in [0, 0.1) is 0 Å². The lowest BCUT2D eigenvalue weighted by Crippen LogP contribution is -2.32. The fraction of sp³-hybridized carbons (Fsp3) is 0.500. The van der Waals surface area contributed by atoms with Crippen LogP contribution >= 0.6 is 0 Å². The molecule has 1 aromatic rings. The number of carbonyl (C=O) groups excluding carboxylic acids is 1. The van der Waals surface area contributed by atoms with Gasteiger partial charge in [0, 0.05) is 11.6 Å². The van der Waals surface area contributed by atoms with Crippen molar-refractivity contribution in [1.82, 2.24) is 0 Å². The second kappa shape index (κ2) is 7.68. The molecule has 0 aromatic heterocycles. The molecule has 0 aliphatic carbocycles. The molecule has 0 heterocycles. The van der Waals surface area contributed by atoms with Crippen LogP contribution in [0.5, 0.6) is 11.5 Å². The maximum Gasteiger partial charge on any atom is 0.318 e. The SMILES string of the molecule is CCC(CC)(OC(=O)CC(=O)O)c1ccc(OC)cc1OC. The van der Waals surface area contributed by atoms with Gasteiger partial charge in [0.1, 0.15) is 23.5 Å². The largest absolute Gasteiger partial charge is 0.497 e. The molecule has 0 radical (unpaired) electrons. The highest BCUT2D eigenvalue weighted by Crippen LogP contribution is 2.40. The van der Waals surface area contributed by atoms with E-state index in [9.17, 15) is 9.59 Å². The molecule has 0 amide bonds. The Hall–Kier alpha value is -2.24. The van der Waals surface area contributed by atoms with Gasteiger partial charge < -0.3 is 19.3 Å². The van der Waals surface area contributed by atoms with Crippen molar-refractivity contribution in [2.45, 2.75) is 38.7 Å². The first-order valence-corrected chi connectivity index (χ1v) is 7.08. The molecule has 22 heavy (non-hydrogen) atoms. The van der Waals surface area contributed by atoms with Gasteiger partial charge in [-0.15, -0.1) is 0 Å². The number of rotatable bonds is 8. The summed E-state index contributed by atoms with van der Waals surface area (Å²) in [6.45, 7) is 3.75. The number of carboxylic acids is 1. The molecular weight excluding hydrogens is 288 g/mol. The number of methoxy groups -OCH3 is 2. The van der Waals surface area contributed by atoms with Crippen LogP contribution in [0.3, 0.4) is 0 Å². The van der Waals surface area contributed by atoms with Crippen LogP contribution in [0.1, 0.15) is 38.7 Å². The molecule has 0 aliphatic rings. The molecule has 6 nitrogen and oxygen atoms in total. The Kier molecular flexibility index (Phi) is 6.22. The van der Waals surface area contributed by atoms with Crippen LogP contribution in [0.25, 0.3) is 0 Å². The molecule has 122 valence electrons. The fourth-order valence-electron chi connectivity index (χ4n) is 2.38. The third kappa shape index (κ3) is 3.90. The first kappa shape index (κ1) is 17.8. The molecule has 1 aromatic carbocycles. The summed E-state index contributed by atoms with van der Waals surface area (Å²) < 4.78 is 16.0. The Morgan fingerprint density at radius 1 is 1.14 bits per heavy atom. The van der Waals surface area contributed by atoms with E-state index in [0.717, 1.165) is 0 Å². The number of aliphatic carboxylic acids is 1. The van der Waals surface area contributed by atoms with Gasteiger partial charge >= 0.3 is 11.9 Å². The van der Waals surface area contributed by atoms with Gasteiger partial charge in [-0.25, -0.2) is 0 Å². The summed E-state index contributed by atoms with van der Waals surface area (Å²) in [5.41, 5.74) is -0.232. The van der Waals surface area contributed by atoms with E-state index in [1.165, 1.54) is 7.11 Å². The van der Waals surface area contributed by atoms with Gasteiger partial charge in [0.25, 0.3) is 0 Å². The minimum Gasteiger partial charge on any atom is -0.497 e. The molecule has 0 fully saturated rings. The Bertz CT molecular complexity index is 533. The van der Waals surface area contributed by atoms with Crippen molar-refractivity contribution in [1.29, 1.82) is 0 Å². The zero-order valence-electron chi connectivity index (χ0n) is 13.3. The van der Waals surface area contributed by atoms with Crippen LogP contribution in [0.15, 0.2) is 18.2 Å². The Morgan fingerprint density at radius 2 is 1.77 bits per heavy atom. The number of ether oxygens (including phenoxy) is 3. The number of hydrogen-bond donors (Lipinski definition) is 1. The minimum atomic E-state index is -1.21. The number of hydrogen-bond acceptors (Lipinski definition) is 5. The molecule has 0 spiro atoms. The molecule has 0 atom stereocenters. The molecular formula is C16H22O6. The molecule has 0 saturated heterocycles. The summed E-state index contributed by atoms with van der Waals surface area (Å²) in [5, 5.41) is 8.72. The van der Waals surface area contributed by atoms with Crippen molar-refractivity contribution in [2.75, 3.05) is 14.2 Å². The summed E-state index contributed by atoms with van der Waals surface area (Å²) in [6, 6.07) is 5.24. The molecule has 0 saturated carbocycles. The maximum absolute atomic E-state index is 11.8. The summed E-state index contributed by atoms with van der Waals surface area (Å²) in [6.07, 6.45) is 0.329. The predicted octanol–water partition coefficient (Wildman–Crippen LogP) is 2.74. The second-order valence-electron chi connectivity index (χ2n) is 4.81. The zero-order valence-corrected chi connectivity index (χ0v) is 13.3. The van der Waals surface area contributed by atoms with Crippen molar-refractivity contribution in [3.63, 3.8) is 0 Å².